The van der Waals surface area contributed by atoms with Gasteiger partial charge in [-0.15, -0.1) is 10.2 Å². The Morgan fingerprint density at radius 1 is 1.21 bits per heavy atom. The molecule has 0 saturated heterocycles. The normalized spacial score (nSPS) is 16.6. The molecule has 1 aliphatic rings. The minimum atomic E-state index is -0.843. The lowest BCUT2D eigenvalue weighted by Crippen LogP contribution is -2.31. The van der Waals surface area contributed by atoms with Crippen molar-refractivity contribution in [2.75, 3.05) is 23.9 Å². The van der Waals surface area contributed by atoms with Crippen molar-refractivity contribution in [3.63, 3.8) is 0 Å². The molecule has 1 amide bonds. The number of hydrogen-bond acceptors (Lipinski definition) is 8. The number of Topliss-reactive ketones (excluding diaryl/α,β-unsaturated/α-hetero) is 1. The van der Waals surface area contributed by atoms with Crippen LogP contribution in [-0.4, -0.2) is 41.1 Å². The monoisotopic (exact) mass is 410 g/mol. The van der Waals surface area contributed by atoms with Gasteiger partial charge >= 0.3 is 0 Å². The van der Waals surface area contributed by atoms with Gasteiger partial charge in [0.15, 0.2) is 11.5 Å². The van der Waals surface area contributed by atoms with Gasteiger partial charge in [-0.05, 0) is 36.8 Å². The van der Waals surface area contributed by atoms with Crippen LogP contribution in [0.4, 0.5) is 10.8 Å². The van der Waals surface area contributed by atoms with Crippen molar-refractivity contribution in [2.45, 2.75) is 13.0 Å². The number of benzene rings is 1. The number of nitrogens with zero attached hydrogens (tertiary/aromatic N) is 4. The van der Waals surface area contributed by atoms with E-state index in [2.05, 4.69) is 10.2 Å². The Morgan fingerprint density at radius 2 is 1.93 bits per heavy atom. The Morgan fingerprint density at radius 3 is 2.48 bits per heavy atom. The van der Waals surface area contributed by atoms with Gasteiger partial charge < -0.3 is 14.4 Å². The predicted octanol–water partition coefficient (Wildman–Crippen LogP) is 3.29. The summed E-state index contributed by atoms with van der Waals surface area (Å²) >= 11 is 1.15. The van der Waals surface area contributed by atoms with Crippen LogP contribution in [0.2, 0.25) is 0 Å². The molecule has 148 valence electrons. The second kappa shape index (κ2) is 7.17. The molecule has 29 heavy (non-hydrogen) atoms. The number of amides is 1. The molecule has 1 atom stereocenters. The van der Waals surface area contributed by atoms with E-state index in [0.29, 0.717) is 16.5 Å². The fraction of sp³-hybridized carbons (Fsp3) is 0.200. The minimum Gasteiger partial charge on any atom is -0.503 e. The molecule has 0 bridgehead atoms. The summed E-state index contributed by atoms with van der Waals surface area (Å²) in [4.78, 5) is 29.3. The number of ketones is 1. The standard InChI is InChI=1S/C20H18N4O4S/c1-11-4-9-14(28-11)17(25)15-16(12-5-7-13(8-6-12)23(2)3)24(19(27)18(15)26)20-22-21-10-29-20/h4-10,16,26H,1-3H3. The van der Waals surface area contributed by atoms with Crippen LogP contribution in [0.25, 0.3) is 0 Å². The zero-order chi connectivity index (χ0) is 20.7. The van der Waals surface area contributed by atoms with E-state index < -0.39 is 23.5 Å². The highest BCUT2D eigenvalue weighted by molar-refractivity contribution is 7.13. The summed E-state index contributed by atoms with van der Waals surface area (Å²) in [6, 6.07) is 9.75. The number of anilines is 2. The van der Waals surface area contributed by atoms with Crippen LogP contribution in [0.5, 0.6) is 0 Å². The van der Waals surface area contributed by atoms with Gasteiger partial charge in [-0.3, -0.25) is 14.5 Å². The Kier molecular flexibility index (Phi) is 4.67. The summed E-state index contributed by atoms with van der Waals surface area (Å²) in [5.74, 6) is -1.23. The number of aliphatic hydroxyl groups excluding tert-OH is 1. The van der Waals surface area contributed by atoms with Crippen LogP contribution < -0.4 is 9.80 Å². The average Bonchev–Trinajstić information content (AvgIpc) is 3.43. The predicted molar refractivity (Wildman–Crippen MR) is 108 cm³/mol. The highest BCUT2D eigenvalue weighted by Crippen LogP contribution is 2.42. The number of carbonyl (C=O) groups excluding carboxylic acids is 2. The number of furan rings is 1. The largest absolute Gasteiger partial charge is 0.503 e. The van der Waals surface area contributed by atoms with Crippen molar-refractivity contribution in [3.05, 3.63) is 70.3 Å². The molecular formula is C20H18N4O4S. The molecule has 1 N–H and O–H groups in total. The molecule has 8 nitrogen and oxygen atoms in total. The molecule has 4 rings (SSSR count). The van der Waals surface area contributed by atoms with E-state index in [4.69, 9.17) is 4.42 Å². The smallest absolute Gasteiger partial charge is 0.296 e. The van der Waals surface area contributed by atoms with Gasteiger partial charge in [-0.25, -0.2) is 0 Å². The Balaban J connectivity index is 1.84. The summed E-state index contributed by atoms with van der Waals surface area (Å²) < 4.78 is 5.45. The second-order valence-corrected chi connectivity index (χ2v) is 7.60. The van der Waals surface area contributed by atoms with Crippen LogP contribution in [0.1, 0.15) is 27.9 Å². The van der Waals surface area contributed by atoms with Gasteiger partial charge in [-0.2, -0.15) is 0 Å². The maximum Gasteiger partial charge on any atom is 0.296 e. The third kappa shape index (κ3) is 3.19. The zero-order valence-electron chi connectivity index (χ0n) is 16.0. The first-order valence-electron chi connectivity index (χ1n) is 8.79. The third-order valence-electron chi connectivity index (χ3n) is 4.70. The van der Waals surface area contributed by atoms with Gasteiger partial charge in [0, 0.05) is 19.8 Å². The van der Waals surface area contributed by atoms with Crippen molar-refractivity contribution in [1.82, 2.24) is 10.2 Å². The lowest BCUT2D eigenvalue weighted by atomic mass is 9.95. The highest BCUT2D eigenvalue weighted by atomic mass is 32.1. The summed E-state index contributed by atoms with van der Waals surface area (Å²) in [6.45, 7) is 1.72. The summed E-state index contributed by atoms with van der Waals surface area (Å²) in [7, 11) is 3.84. The first-order chi connectivity index (χ1) is 13.9. The van der Waals surface area contributed by atoms with E-state index in [1.165, 1.54) is 16.5 Å². The first kappa shape index (κ1) is 18.9. The molecule has 1 unspecified atom stereocenters. The molecule has 2 aromatic heterocycles. The molecule has 0 saturated carbocycles. The molecule has 1 aliphatic heterocycles. The van der Waals surface area contributed by atoms with Gasteiger partial charge in [0.25, 0.3) is 5.91 Å². The molecule has 0 spiro atoms. The van der Waals surface area contributed by atoms with Crippen molar-refractivity contribution in [3.8, 4) is 0 Å². The van der Waals surface area contributed by atoms with Gasteiger partial charge in [-0.1, -0.05) is 23.5 Å². The van der Waals surface area contributed by atoms with Crippen molar-refractivity contribution in [2.24, 2.45) is 0 Å². The molecule has 0 fully saturated rings. The van der Waals surface area contributed by atoms with E-state index in [1.807, 2.05) is 43.3 Å². The quantitative estimate of drug-likeness (QED) is 0.644. The number of hydrogen-bond donors (Lipinski definition) is 1. The lowest BCUT2D eigenvalue weighted by molar-refractivity contribution is -0.117. The fourth-order valence-electron chi connectivity index (χ4n) is 3.27. The Labute approximate surface area is 170 Å². The van der Waals surface area contributed by atoms with E-state index in [1.54, 1.807) is 13.0 Å². The number of aryl methyl sites for hydroxylation is 1. The highest BCUT2D eigenvalue weighted by Gasteiger charge is 2.46. The number of aliphatic hydroxyl groups is 1. The number of aromatic nitrogens is 2. The van der Waals surface area contributed by atoms with Gasteiger partial charge in [0.2, 0.25) is 10.9 Å². The second-order valence-electron chi connectivity index (χ2n) is 6.79. The minimum absolute atomic E-state index is 0.0443. The zero-order valence-corrected chi connectivity index (χ0v) is 16.8. The van der Waals surface area contributed by atoms with Gasteiger partial charge in [0.05, 0.1) is 11.6 Å². The van der Waals surface area contributed by atoms with Crippen molar-refractivity contribution in [1.29, 1.82) is 0 Å². The maximum absolute atomic E-state index is 13.2. The summed E-state index contributed by atoms with van der Waals surface area (Å²) in [5, 5.41) is 18.7. The topological polar surface area (TPSA) is 99.8 Å². The van der Waals surface area contributed by atoms with Crippen LogP contribution in [0, 0.1) is 6.92 Å². The van der Waals surface area contributed by atoms with Crippen molar-refractivity contribution < 1.29 is 19.1 Å². The van der Waals surface area contributed by atoms with Crippen LogP contribution in [0.15, 0.2) is 57.7 Å². The van der Waals surface area contributed by atoms with E-state index >= 15 is 0 Å². The van der Waals surface area contributed by atoms with Gasteiger partial charge in [0.1, 0.15) is 11.3 Å². The van der Waals surface area contributed by atoms with Crippen LogP contribution in [0.3, 0.4) is 0 Å². The number of rotatable bonds is 5. The van der Waals surface area contributed by atoms with E-state index in [0.717, 1.165) is 17.0 Å². The van der Waals surface area contributed by atoms with Crippen LogP contribution >= 0.6 is 11.3 Å². The molecule has 1 aromatic carbocycles. The fourth-order valence-corrected chi connectivity index (χ4v) is 3.85. The summed E-state index contributed by atoms with van der Waals surface area (Å²) in [6.07, 6.45) is 0. The third-order valence-corrected chi connectivity index (χ3v) is 5.39. The lowest BCUT2D eigenvalue weighted by Gasteiger charge is -2.24. The van der Waals surface area contributed by atoms with Crippen molar-refractivity contribution >= 4 is 33.8 Å². The van der Waals surface area contributed by atoms with E-state index in [-0.39, 0.29) is 11.3 Å². The molecule has 0 radical (unpaired) electrons. The molecule has 9 heteroatoms. The van der Waals surface area contributed by atoms with Crippen LogP contribution in [-0.2, 0) is 4.79 Å². The number of carbonyl (C=O) groups is 2. The Bertz CT molecular complexity index is 1100. The molecule has 3 heterocycles. The Hall–Kier alpha value is -3.46. The van der Waals surface area contributed by atoms with E-state index in [9.17, 15) is 14.7 Å². The molecular weight excluding hydrogens is 392 g/mol. The molecule has 0 aliphatic carbocycles. The first-order valence-corrected chi connectivity index (χ1v) is 9.67. The molecule has 3 aromatic rings. The maximum atomic E-state index is 13.2. The SMILES string of the molecule is Cc1ccc(C(=O)C2=C(O)C(=O)N(c3nncs3)C2c2ccc(N(C)C)cc2)o1. The average molecular weight is 410 g/mol. The summed E-state index contributed by atoms with van der Waals surface area (Å²) in [5.41, 5.74) is 3.07.